The average Bonchev–Trinajstić information content (AvgIpc) is 2.74. The monoisotopic (exact) mass is 466 g/mol. The van der Waals surface area contributed by atoms with Crippen LogP contribution in [0.15, 0.2) is 47.4 Å². The van der Waals surface area contributed by atoms with Crippen LogP contribution in [0.2, 0.25) is 10.0 Å². The number of hydrogen-bond donors (Lipinski definition) is 1. The lowest BCUT2D eigenvalue weighted by atomic mass is 10.2. The van der Waals surface area contributed by atoms with Crippen molar-refractivity contribution < 1.29 is 14.3 Å². The van der Waals surface area contributed by atoms with Gasteiger partial charge in [-0.3, -0.25) is 14.5 Å². The molecule has 0 bridgehead atoms. The van der Waals surface area contributed by atoms with E-state index in [9.17, 15) is 9.59 Å². The van der Waals surface area contributed by atoms with E-state index in [1.807, 2.05) is 30.3 Å². The Morgan fingerprint density at radius 1 is 1.17 bits per heavy atom. The third-order valence-electron chi connectivity index (χ3n) is 4.77. The van der Waals surface area contributed by atoms with E-state index < -0.39 is 0 Å². The van der Waals surface area contributed by atoms with E-state index in [2.05, 4.69) is 10.2 Å². The number of benzene rings is 2. The van der Waals surface area contributed by atoms with Crippen molar-refractivity contribution >= 4 is 46.7 Å². The largest absolute Gasteiger partial charge is 0.374 e. The van der Waals surface area contributed by atoms with Gasteiger partial charge in [-0.25, -0.2) is 0 Å². The molecule has 0 spiro atoms. The highest BCUT2D eigenvalue weighted by molar-refractivity contribution is 8.00. The molecule has 0 saturated carbocycles. The zero-order valence-corrected chi connectivity index (χ0v) is 19.0. The number of thioether (sulfide) groups is 1. The number of carbonyl (C=O) groups excluding carboxylic acids is 2. The molecule has 1 saturated heterocycles. The zero-order valence-electron chi connectivity index (χ0n) is 16.7. The Balaban J connectivity index is 1.40. The smallest absolute Gasteiger partial charge is 0.230 e. The number of amides is 1. The van der Waals surface area contributed by atoms with Gasteiger partial charge in [-0.1, -0.05) is 41.4 Å². The van der Waals surface area contributed by atoms with Crippen LogP contribution in [-0.2, 0) is 16.1 Å². The molecule has 1 heterocycles. The Kier molecular flexibility index (Phi) is 8.60. The first-order chi connectivity index (χ1) is 14.4. The first kappa shape index (κ1) is 23.1. The molecule has 0 radical (unpaired) electrons. The lowest BCUT2D eigenvalue weighted by molar-refractivity contribution is -0.119. The topological polar surface area (TPSA) is 58.6 Å². The zero-order chi connectivity index (χ0) is 21.5. The molecule has 0 aromatic heterocycles. The summed E-state index contributed by atoms with van der Waals surface area (Å²) >= 11 is 13.5. The van der Waals surface area contributed by atoms with Gasteiger partial charge in [0, 0.05) is 36.6 Å². The fraction of sp³-hybridized carbons (Fsp3) is 0.364. The molecule has 160 valence electrons. The molecule has 1 N–H and O–H groups in total. The molecule has 1 fully saturated rings. The molecule has 5 nitrogen and oxygen atoms in total. The van der Waals surface area contributed by atoms with Crippen LogP contribution in [0, 0.1) is 0 Å². The summed E-state index contributed by atoms with van der Waals surface area (Å²) in [5, 5.41) is 4.06. The fourth-order valence-electron chi connectivity index (χ4n) is 3.16. The molecule has 0 aliphatic carbocycles. The standard InChI is InChI=1S/C22H24Cl2N2O3S/c1-15(27)17-3-5-19(6-4-17)30-14-22(28)25-11-18-13-26(8-9-29-18)12-16-2-7-20(23)21(24)10-16/h2-7,10,18H,8-9,11-14H2,1H3,(H,25,28)/t18-/m0/s1. The van der Waals surface area contributed by atoms with E-state index in [0.29, 0.717) is 34.5 Å². The number of ketones is 1. The van der Waals surface area contributed by atoms with Gasteiger partial charge < -0.3 is 10.1 Å². The van der Waals surface area contributed by atoms with Crippen molar-refractivity contribution in [3.8, 4) is 0 Å². The van der Waals surface area contributed by atoms with E-state index in [1.54, 1.807) is 12.1 Å². The van der Waals surface area contributed by atoms with E-state index in [0.717, 1.165) is 30.1 Å². The number of rotatable bonds is 8. The Labute approximate surface area is 191 Å². The highest BCUT2D eigenvalue weighted by atomic mass is 35.5. The van der Waals surface area contributed by atoms with E-state index >= 15 is 0 Å². The van der Waals surface area contributed by atoms with Crippen molar-refractivity contribution in [2.45, 2.75) is 24.5 Å². The third kappa shape index (κ3) is 7.00. The molecule has 0 unspecified atom stereocenters. The minimum absolute atomic E-state index is 0.0324. The average molecular weight is 467 g/mol. The predicted octanol–water partition coefficient (Wildman–Crippen LogP) is 4.31. The Morgan fingerprint density at radius 2 is 1.93 bits per heavy atom. The van der Waals surface area contributed by atoms with Crippen molar-refractivity contribution in [2.24, 2.45) is 0 Å². The molecule has 8 heteroatoms. The summed E-state index contributed by atoms with van der Waals surface area (Å²) in [6.45, 7) is 4.96. The number of Topliss-reactive ketones (excluding diaryl/α,β-unsaturated/α-hetero) is 1. The summed E-state index contributed by atoms with van der Waals surface area (Å²) in [6, 6.07) is 12.9. The summed E-state index contributed by atoms with van der Waals surface area (Å²) < 4.78 is 5.80. The number of morpholine rings is 1. The minimum Gasteiger partial charge on any atom is -0.374 e. The first-order valence-corrected chi connectivity index (χ1v) is 11.4. The summed E-state index contributed by atoms with van der Waals surface area (Å²) in [6.07, 6.45) is -0.0506. The van der Waals surface area contributed by atoms with E-state index in [1.165, 1.54) is 18.7 Å². The van der Waals surface area contributed by atoms with E-state index in [4.69, 9.17) is 27.9 Å². The number of hydrogen-bond acceptors (Lipinski definition) is 5. The van der Waals surface area contributed by atoms with Crippen molar-refractivity contribution in [2.75, 3.05) is 32.0 Å². The van der Waals surface area contributed by atoms with Gasteiger partial charge in [0.25, 0.3) is 0 Å². The Morgan fingerprint density at radius 3 is 2.63 bits per heavy atom. The van der Waals surface area contributed by atoms with Crippen LogP contribution < -0.4 is 5.32 Å². The molecule has 1 aliphatic heterocycles. The van der Waals surface area contributed by atoms with Gasteiger partial charge in [-0.15, -0.1) is 11.8 Å². The molecule has 2 aromatic rings. The SMILES string of the molecule is CC(=O)c1ccc(SCC(=O)NC[C@H]2CN(Cc3ccc(Cl)c(Cl)c3)CCO2)cc1. The summed E-state index contributed by atoms with van der Waals surface area (Å²) in [7, 11) is 0. The van der Waals surface area contributed by atoms with Crippen molar-refractivity contribution in [1.82, 2.24) is 10.2 Å². The summed E-state index contributed by atoms with van der Waals surface area (Å²) in [5.74, 6) is 0.310. The maximum Gasteiger partial charge on any atom is 0.230 e. The molecule has 1 aliphatic rings. The lowest BCUT2D eigenvalue weighted by Gasteiger charge is -2.33. The first-order valence-electron chi connectivity index (χ1n) is 9.69. The maximum absolute atomic E-state index is 12.2. The fourth-order valence-corrected chi connectivity index (χ4v) is 4.21. The van der Waals surface area contributed by atoms with Gasteiger partial charge in [0.15, 0.2) is 5.78 Å². The van der Waals surface area contributed by atoms with Gasteiger partial charge in [0.2, 0.25) is 5.91 Å². The van der Waals surface area contributed by atoms with Crippen LogP contribution in [0.1, 0.15) is 22.8 Å². The van der Waals surface area contributed by atoms with Crippen LogP contribution in [0.4, 0.5) is 0 Å². The van der Waals surface area contributed by atoms with Crippen LogP contribution in [0.3, 0.4) is 0 Å². The highest BCUT2D eigenvalue weighted by Crippen LogP contribution is 2.23. The number of halogens is 2. The van der Waals surface area contributed by atoms with Crippen LogP contribution in [-0.4, -0.2) is 54.7 Å². The number of nitrogens with zero attached hydrogens (tertiary/aromatic N) is 1. The van der Waals surface area contributed by atoms with Crippen LogP contribution >= 0.6 is 35.0 Å². The third-order valence-corrected chi connectivity index (χ3v) is 6.52. The second kappa shape index (κ2) is 11.2. The van der Waals surface area contributed by atoms with Gasteiger partial charge >= 0.3 is 0 Å². The van der Waals surface area contributed by atoms with Gasteiger partial charge in [0.1, 0.15) is 0 Å². The van der Waals surface area contributed by atoms with Gasteiger partial charge in [-0.05, 0) is 36.8 Å². The number of ether oxygens (including phenoxy) is 1. The summed E-state index contributed by atoms with van der Waals surface area (Å²) in [5.41, 5.74) is 1.77. The molecule has 3 rings (SSSR count). The highest BCUT2D eigenvalue weighted by Gasteiger charge is 2.21. The summed E-state index contributed by atoms with van der Waals surface area (Å²) in [4.78, 5) is 26.7. The Hall–Kier alpha value is -1.57. The number of nitrogens with one attached hydrogen (secondary N) is 1. The molecule has 30 heavy (non-hydrogen) atoms. The predicted molar refractivity (Wildman–Crippen MR) is 122 cm³/mol. The van der Waals surface area contributed by atoms with Crippen molar-refractivity contribution in [3.63, 3.8) is 0 Å². The van der Waals surface area contributed by atoms with E-state index in [-0.39, 0.29) is 17.8 Å². The number of carbonyl (C=O) groups is 2. The van der Waals surface area contributed by atoms with Gasteiger partial charge in [-0.2, -0.15) is 0 Å². The van der Waals surface area contributed by atoms with Crippen LogP contribution in [0.25, 0.3) is 0 Å². The van der Waals surface area contributed by atoms with Crippen LogP contribution in [0.5, 0.6) is 0 Å². The molecule has 1 atom stereocenters. The maximum atomic E-state index is 12.2. The van der Waals surface area contributed by atoms with Crippen molar-refractivity contribution in [3.05, 3.63) is 63.6 Å². The molecular weight excluding hydrogens is 443 g/mol. The minimum atomic E-state index is -0.0506. The Bertz CT molecular complexity index is 892. The lowest BCUT2D eigenvalue weighted by Crippen LogP contribution is -2.47. The quantitative estimate of drug-likeness (QED) is 0.463. The molecule has 1 amide bonds. The molecule has 2 aromatic carbocycles. The van der Waals surface area contributed by atoms with Gasteiger partial charge in [0.05, 0.1) is 28.5 Å². The van der Waals surface area contributed by atoms with Crippen molar-refractivity contribution in [1.29, 1.82) is 0 Å². The normalized spacial score (nSPS) is 17.0. The second-order valence-corrected chi connectivity index (χ2v) is 9.01. The molecular formula is C22H24Cl2N2O3S. The second-order valence-electron chi connectivity index (χ2n) is 7.15.